The Balaban J connectivity index is 2.31. The standard InChI is InChI=1S/C11H21NO2/c1-3-14-9-11(13)12-7-4-5-10(2)6-8-12/h10H,3-9H2,1-2H3. The average molecular weight is 199 g/mol. The first kappa shape index (κ1) is 11.5. The Bertz CT molecular complexity index is 182. The topological polar surface area (TPSA) is 29.5 Å². The van der Waals surface area contributed by atoms with Crippen LogP contribution in [0.5, 0.6) is 0 Å². The fourth-order valence-electron chi connectivity index (χ4n) is 1.79. The highest BCUT2D eigenvalue weighted by atomic mass is 16.5. The van der Waals surface area contributed by atoms with Gasteiger partial charge in [0.25, 0.3) is 0 Å². The summed E-state index contributed by atoms with van der Waals surface area (Å²) < 4.78 is 5.12. The highest BCUT2D eigenvalue weighted by Gasteiger charge is 2.17. The van der Waals surface area contributed by atoms with Crippen LogP contribution in [0.3, 0.4) is 0 Å². The number of likely N-dealkylation sites (tertiary alicyclic amines) is 1. The van der Waals surface area contributed by atoms with E-state index in [4.69, 9.17) is 4.74 Å². The van der Waals surface area contributed by atoms with E-state index in [1.807, 2.05) is 11.8 Å². The van der Waals surface area contributed by atoms with Gasteiger partial charge < -0.3 is 9.64 Å². The number of nitrogens with zero attached hydrogens (tertiary/aromatic N) is 1. The third-order valence-electron chi connectivity index (χ3n) is 2.80. The number of carbonyl (C=O) groups excluding carboxylic acids is 1. The molecule has 0 N–H and O–H groups in total. The largest absolute Gasteiger partial charge is 0.372 e. The summed E-state index contributed by atoms with van der Waals surface area (Å²) in [6.45, 7) is 6.87. The molecule has 0 aliphatic carbocycles. The Morgan fingerprint density at radius 1 is 1.43 bits per heavy atom. The minimum atomic E-state index is 0.154. The fraction of sp³-hybridized carbons (Fsp3) is 0.909. The second-order valence-electron chi connectivity index (χ2n) is 4.05. The number of rotatable bonds is 3. The number of amides is 1. The van der Waals surface area contributed by atoms with Crippen molar-refractivity contribution in [3.8, 4) is 0 Å². The van der Waals surface area contributed by atoms with E-state index in [9.17, 15) is 4.79 Å². The van der Waals surface area contributed by atoms with Crippen molar-refractivity contribution >= 4 is 5.91 Å². The van der Waals surface area contributed by atoms with E-state index in [1.54, 1.807) is 0 Å². The molecule has 0 spiro atoms. The van der Waals surface area contributed by atoms with Crippen molar-refractivity contribution in [2.45, 2.75) is 33.1 Å². The average Bonchev–Trinajstić information content (AvgIpc) is 2.39. The Labute approximate surface area is 86.4 Å². The maximum absolute atomic E-state index is 11.6. The summed E-state index contributed by atoms with van der Waals surface area (Å²) in [4.78, 5) is 13.6. The van der Waals surface area contributed by atoms with Gasteiger partial charge in [-0.3, -0.25) is 4.79 Å². The lowest BCUT2D eigenvalue weighted by molar-refractivity contribution is -0.135. The van der Waals surface area contributed by atoms with Gasteiger partial charge in [0.2, 0.25) is 5.91 Å². The minimum absolute atomic E-state index is 0.154. The van der Waals surface area contributed by atoms with Crippen molar-refractivity contribution in [3.63, 3.8) is 0 Å². The van der Waals surface area contributed by atoms with Crippen LogP contribution in [0.15, 0.2) is 0 Å². The number of ether oxygens (including phenoxy) is 1. The van der Waals surface area contributed by atoms with Crippen LogP contribution in [-0.4, -0.2) is 37.1 Å². The van der Waals surface area contributed by atoms with Crippen molar-refractivity contribution in [2.24, 2.45) is 5.92 Å². The van der Waals surface area contributed by atoms with Gasteiger partial charge >= 0.3 is 0 Å². The van der Waals surface area contributed by atoms with Crippen molar-refractivity contribution < 1.29 is 9.53 Å². The van der Waals surface area contributed by atoms with Crippen LogP contribution in [0.4, 0.5) is 0 Å². The number of hydrogen-bond acceptors (Lipinski definition) is 2. The van der Waals surface area contributed by atoms with E-state index in [-0.39, 0.29) is 12.5 Å². The zero-order chi connectivity index (χ0) is 10.4. The lowest BCUT2D eigenvalue weighted by Crippen LogP contribution is -2.34. The molecule has 0 bridgehead atoms. The molecule has 1 aliphatic rings. The van der Waals surface area contributed by atoms with Crippen molar-refractivity contribution in [1.82, 2.24) is 4.90 Å². The second-order valence-corrected chi connectivity index (χ2v) is 4.05. The van der Waals surface area contributed by atoms with E-state index < -0.39 is 0 Å². The molecule has 0 aromatic heterocycles. The van der Waals surface area contributed by atoms with Crippen LogP contribution < -0.4 is 0 Å². The van der Waals surface area contributed by atoms with Gasteiger partial charge in [0, 0.05) is 19.7 Å². The quantitative estimate of drug-likeness (QED) is 0.692. The van der Waals surface area contributed by atoms with E-state index in [0.29, 0.717) is 6.61 Å². The smallest absolute Gasteiger partial charge is 0.248 e. The van der Waals surface area contributed by atoms with E-state index in [0.717, 1.165) is 31.8 Å². The minimum Gasteiger partial charge on any atom is -0.372 e. The molecule has 0 saturated carbocycles. The van der Waals surface area contributed by atoms with E-state index in [2.05, 4.69) is 6.92 Å². The zero-order valence-electron chi connectivity index (χ0n) is 9.29. The maximum atomic E-state index is 11.6. The molecule has 1 unspecified atom stereocenters. The van der Waals surface area contributed by atoms with Crippen molar-refractivity contribution in [2.75, 3.05) is 26.3 Å². The predicted molar refractivity (Wildman–Crippen MR) is 56.1 cm³/mol. The summed E-state index contributed by atoms with van der Waals surface area (Å²) >= 11 is 0. The Morgan fingerprint density at radius 2 is 2.21 bits per heavy atom. The summed E-state index contributed by atoms with van der Waals surface area (Å²) in [5, 5.41) is 0. The molecule has 0 radical (unpaired) electrons. The van der Waals surface area contributed by atoms with Crippen LogP contribution in [0.1, 0.15) is 33.1 Å². The molecule has 1 saturated heterocycles. The molecule has 3 heteroatoms. The summed E-state index contributed by atoms with van der Waals surface area (Å²) in [5.41, 5.74) is 0. The lowest BCUT2D eigenvalue weighted by Gasteiger charge is -2.20. The van der Waals surface area contributed by atoms with Gasteiger partial charge in [-0.15, -0.1) is 0 Å². The summed E-state index contributed by atoms with van der Waals surface area (Å²) in [6.07, 6.45) is 3.52. The normalized spacial score (nSPS) is 23.3. The number of hydrogen-bond donors (Lipinski definition) is 0. The molecule has 14 heavy (non-hydrogen) atoms. The molecule has 1 heterocycles. The second kappa shape index (κ2) is 6.02. The van der Waals surface area contributed by atoms with Crippen LogP contribution in [0.25, 0.3) is 0 Å². The Morgan fingerprint density at radius 3 is 2.93 bits per heavy atom. The third-order valence-corrected chi connectivity index (χ3v) is 2.80. The Kier molecular flexibility index (Phi) is 4.94. The lowest BCUT2D eigenvalue weighted by atomic mass is 10.0. The van der Waals surface area contributed by atoms with Crippen molar-refractivity contribution in [1.29, 1.82) is 0 Å². The maximum Gasteiger partial charge on any atom is 0.248 e. The number of carbonyl (C=O) groups is 1. The van der Waals surface area contributed by atoms with Crippen LogP contribution >= 0.6 is 0 Å². The van der Waals surface area contributed by atoms with Crippen LogP contribution in [0.2, 0.25) is 0 Å². The van der Waals surface area contributed by atoms with Gasteiger partial charge in [0.05, 0.1) is 0 Å². The monoisotopic (exact) mass is 199 g/mol. The Hall–Kier alpha value is -0.570. The summed E-state index contributed by atoms with van der Waals surface area (Å²) in [6, 6.07) is 0. The molecule has 0 aromatic rings. The van der Waals surface area contributed by atoms with Crippen LogP contribution in [0, 0.1) is 5.92 Å². The van der Waals surface area contributed by atoms with E-state index >= 15 is 0 Å². The van der Waals surface area contributed by atoms with Gasteiger partial charge in [-0.1, -0.05) is 6.92 Å². The summed E-state index contributed by atoms with van der Waals surface area (Å²) in [5.74, 6) is 0.917. The first-order valence-corrected chi connectivity index (χ1v) is 5.59. The van der Waals surface area contributed by atoms with Gasteiger partial charge in [0.15, 0.2) is 0 Å². The van der Waals surface area contributed by atoms with Crippen molar-refractivity contribution in [3.05, 3.63) is 0 Å². The molecule has 1 rings (SSSR count). The third kappa shape index (κ3) is 3.66. The SMILES string of the molecule is CCOCC(=O)N1CCCC(C)CC1. The first-order valence-electron chi connectivity index (χ1n) is 5.59. The van der Waals surface area contributed by atoms with Gasteiger partial charge in [0.1, 0.15) is 6.61 Å². The van der Waals surface area contributed by atoms with Gasteiger partial charge in [-0.05, 0) is 32.1 Å². The predicted octanol–water partition coefficient (Wildman–Crippen LogP) is 1.67. The van der Waals surface area contributed by atoms with Crippen LogP contribution in [-0.2, 0) is 9.53 Å². The zero-order valence-corrected chi connectivity index (χ0v) is 9.29. The van der Waals surface area contributed by atoms with Gasteiger partial charge in [-0.2, -0.15) is 0 Å². The molecule has 82 valence electrons. The molecular weight excluding hydrogens is 178 g/mol. The molecular formula is C11H21NO2. The first-order chi connectivity index (χ1) is 6.74. The molecule has 3 nitrogen and oxygen atoms in total. The molecule has 0 aromatic carbocycles. The highest BCUT2D eigenvalue weighted by Crippen LogP contribution is 2.16. The fourth-order valence-corrected chi connectivity index (χ4v) is 1.79. The molecule has 1 amide bonds. The molecule has 1 aliphatic heterocycles. The van der Waals surface area contributed by atoms with E-state index in [1.165, 1.54) is 6.42 Å². The van der Waals surface area contributed by atoms with Gasteiger partial charge in [-0.25, -0.2) is 0 Å². The highest BCUT2D eigenvalue weighted by molar-refractivity contribution is 5.77. The molecule has 1 fully saturated rings. The summed E-state index contributed by atoms with van der Waals surface area (Å²) in [7, 11) is 0. The molecule has 1 atom stereocenters.